The maximum atomic E-state index is 13.6. The normalized spacial score (nSPS) is 14.7. The fraction of sp³-hybridized carbons (Fsp3) is 0.286. The van der Waals surface area contributed by atoms with E-state index in [2.05, 4.69) is 10.6 Å². The molecule has 2 amide bonds. The van der Waals surface area contributed by atoms with Crippen LogP contribution in [0, 0.1) is 0 Å². The van der Waals surface area contributed by atoms with Crippen LogP contribution in [0.15, 0.2) is 48.5 Å². The number of fused-ring (bicyclic) bond motifs is 2. The van der Waals surface area contributed by atoms with Crippen LogP contribution in [-0.2, 0) is 33.7 Å². The summed E-state index contributed by atoms with van der Waals surface area (Å²) in [6, 6.07) is 13.6. The first-order valence-corrected chi connectivity index (χ1v) is 13.1. The number of amides is 2. The van der Waals surface area contributed by atoms with Crippen LogP contribution in [-0.4, -0.2) is 30.4 Å². The van der Waals surface area contributed by atoms with Gasteiger partial charge in [0.05, 0.1) is 23.3 Å². The van der Waals surface area contributed by atoms with Gasteiger partial charge in [-0.3, -0.25) is 9.59 Å². The summed E-state index contributed by atoms with van der Waals surface area (Å²) in [5.41, 5.74) is 2.82. The Labute approximate surface area is 218 Å². The van der Waals surface area contributed by atoms with E-state index in [-0.39, 0.29) is 23.6 Å². The fourth-order valence-corrected chi connectivity index (χ4v) is 6.05. The number of thiophene rings is 1. The molecule has 0 bridgehead atoms. The number of anilines is 1. The summed E-state index contributed by atoms with van der Waals surface area (Å²) in [7, 11) is 0. The van der Waals surface area contributed by atoms with Gasteiger partial charge in [-0.1, -0.05) is 42.5 Å². The van der Waals surface area contributed by atoms with Crippen molar-refractivity contribution in [1.29, 1.82) is 0 Å². The summed E-state index contributed by atoms with van der Waals surface area (Å²) < 4.78 is 11.0. The first-order valence-electron chi connectivity index (χ1n) is 12.3. The van der Waals surface area contributed by atoms with Crippen LogP contribution >= 0.6 is 11.3 Å². The van der Waals surface area contributed by atoms with E-state index in [4.69, 9.17) is 9.47 Å². The molecule has 8 nitrogen and oxygen atoms in total. The Hall–Kier alpha value is -3.98. The standard InChI is InChI=1S/C28H26N2O6S/c1-2-35-28(34)22-18-12-6-7-14-20(18)37-26(22)30-25(32)23(16-9-4-3-5-10-16)36-27(33)19-13-8-11-17-15-29-24(31)21(17)19/h3-5,8-11,13,23H,2,6-7,12,14-15H2,1H3,(H,29,31)(H,30,32). The molecule has 190 valence electrons. The zero-order valence-electron chi connectivity index (χ0n) is 20.3. The van der Waals surface area contributed by atoms with Crippen molar-refractivity contribution >= 4 is 40.1 Å². The van der Waals surface area contributed by atoms with Gasteiger partial charge in [0.1, 0.15) is 5.00 Å². The molecule has 0 radical (unpaired) electrons. The minimum absolute atomic E-state index is 0.0973. The van der Waals surface area contributed by atoms with Gasteiger partial charge in [0.2, 0.25) is 6.10 Å². The van der Waals surface area contributed by atoms with Gasteiger partial charge >= 0.3 is 11.9 Å². The number of hydrogen-bond acceptors (Lipinski definition) is 7. The Balaban J connectivity index is 1.47. The molecule has 3 aromatic rings. The first kappa shape index (κ1) is 24.7. The van der Waals surface area contributed by atoms with Gasteiger partial charge < -0.3 is 20.1 Å². The predicted octanol–water partition coefficient (Wildman–Crippen LogP) is 4.58. The van der Waals surface area contributed by atoms with Crippen molar-refractivity contribution in [3.8, 4) is 0 Å². The number of carbonyl (C=O) groups is 4. The molecule has 2 heterocycles. The number of carbonyl (C=O) groups excluding carboxylic acids is 4. The van der Waals surface area contributed by atoms with Gasteiger partial charge in [-0.15, -0.1) is 11.3 Å². The monoisotopic (exact) mass is 518 g/mol. The first-order chi connectivity index (χ1) is 18.0. The highest BCUT2D eigenvalue weighted by atomic mass is 32.1. The Kier molecular flexibility index (Phi) is 7.05. The highest BCUT2D eigenvalue weighted by Crippen LogP contribution is 2.39. The van der Waals surface area contributed by atoms with Crippen LogP contribution in [0.25, 0.3) is 0 Å². The highest BCUT2D eigenvalue weighted by Gasteiger charge is 2.33. The molecule has 2 aliphatic rings. The summed E-state index contributed by atoms with van der Waals surface area (Å²) >= 11 is 1.36. The Bertz CT molecular complexity index is 1380. The largest absolute Gasteiger partial charge is 0.462 e. The molecule has 0 spiro atoms. The second kappa shape index (κ2) is 10.6. The van der Waals surface area contributed by atoms with E-state index in [1.807, 2.05) is 0 Å². The summed E-state index contributed by atoms with van der Waals surface area (Å²) in [6.45, 7) is 2.29. The number of hydrogen-bond donors (Lipinski definition) is 2. The highest BCUT2D eigenvalue weighted by molar-refractivity contribution is 7.17. The number of rotatable bonds is 7. The number of ether oxygens (including phenoxy) is 2. The Morgan fingerprint density at radius 2 is 1.81 bits per heavy atom. The van der Waals surface area contributed by atoms with Crippen LogP contribution in [0.2, 0.25) is 0 Å². The summed E-state index contributed by atoms with van der Waals surface area (Å²) in [4.78, 5) is 53.1. The molecular weight excluding hydrogens is 492 g/mol. The molecule has 9 heteroatoms. The molecule has 1 atom stereocenters. The van der Waals surface area contributed by atoms with E-state index >= 15 is 0 Å². The number of benzene rings is 2. The van der Waals surface area contributed by atoms with Gasteiger partial charge in [-0.05, 0) is 49.8 Å². The Morgan fingerprint density at radius 3 is 2.59 bits per heavy atom. The molecule has 2 aromatic carbocycles. The fourth-order valence-electron chi connectivity index (χ4n) is 4.77. The molecule has 0 saturated heterocycles. The van der Waals surface area contributed by atoms with Crippen molar-refractivity contribution in [2.45, 2.75) is 45.3 Å². The molecular formula is C28H26N2O6S. The smallest absolute Gasteiger partial charge is 0.341 e. The molecule has 0 saturated carbocycles. The summed E-state index contributed by atoms with van der Waals surface area (Å²) in [5, 5.41) is 5.94. The van der Waals surface area contributed by atoms with Crippen molar-refractivity contribution in [2.75, 3.05) is 11.9 Å². The molecule has 1 unspecified atom stereocenters. The Morgan fingerprint density at radius 1 is 1.03 bits per heavy atom. The molecule has 2 N–H and O–H groups in total. The third-order valence-electron chi connectivity index (χ3n) is 6.49. The maximum absolute atomic E-state index is 13.6. The molecule has 5 rings (SSSR count). The van der Waals surface area contributed by atoms with Crippen LogP contribution < -0.4 is 10.6 Å². The predicted molar refractivity (Wildman–Crippen MR) is 138 cm³/mol. The zero-order chi connectivity index (χ0) is 25.9. The van der Waals surface area contributed by atoms with Crippen molar-refractivity contribution in [2.24, 2.45) is 0 Å². The van der Waals surface area contributed by atoms with Gasteiger partial charge in [-0.25, -0.2) is 9.59 Å². The van der Waals surface area contributed by atoms with E-state index in [0.717, 1.165) is 36.1 Å². The number of aryl methyl sites for hydroxylation is 1. The van der Waals surface area contributed by atoms with E-state index in [9.17, 15) is 19.2 Å². The second-order valence-corrected chi connectivity index (χ2v) is 9.95. The lowest BCUT2D eigenvalue weighted by atomic mass is 9.95. The van der Waals surface area contributed by atoms with Gasteiger partial charge in [0, 0.05) is 17.0 Å². The van der Waals surface area contributed by atoms with E-state index in [1.54, 1.807) is 49.4 Å². The number of nitrogens with one attached hydrogen (secondary N) is 2. The third kappa shape index (κ3) is 4.86. The van der Waals surface area contributed by atoms with Crippen LogP contribution in [0.5, 0.6) is 0 Å². The minimum Gasteiger partial charge on any atom is -0.462 e. The summed E-state index contributed by atoms with van der Waals surface area (Å²) in [5.74, 6) is -2.21. The lowest BCUT2D eigenvalue weighted by molar-refractivity contribution is -0.125. The van der Waals surface area contributed by atoms with Gasteiger partial charge in [-0.2, -0.15) is 0 Å². The van der Waals surface area contributed by atoms with Crippen LogP contribution in [0.1, 0.15) is 78.5 Å². The quantitative estimate of drug-likeness (QED) is 0.443. The van der Waals surface area contributed by atoms with E-state index in [1.165, 1.54) is 17.4 Å². The molecule has 37 heavy (non-hydrogen) atoms. The molecule has 1 aromatic heterocycles. The van der Waals surface area contributed by atoms with Gasteiger partial charge in [0.25, 0.3) is 11.8 Å². The van der Waals surface area contributed by atoms with E-state index in [0.29, 0.717) is 28.2 Å². The SMILES string of the molecule is CCOC(=O)c1c(NC(=O)C(OC(=O)c2cccc3c2C(=O)NC3)c2ccccc2)sc2c1CCCC2. The average molecular weight is 519 g/mol. The van der Waals surface area contributed by atoms with Crippen molar-refractivity contribution < 1.29 is 28.7 Å². The molecule has 1 aliphatic carbocycles. The van der Waals surface area contributed by atoms with Gasteiger partial charge in [0.15, 0.2) is 0 Å². The maximum Gasteiger partial charge on any atom is 0.341 e. The third-order valence-corrected chi connectivity index (χ3v) is 7.70. The van der Waals surface area contributed by atoms with Crippen molar-refractivity contribution in [3.05, 3.63) is 86.8 Å². The molecule has 0 fully saturated rings. The molecule has 1 aliphatic heterocycles. The van der Waals surface area contributed by atoms with Crippen molar-refractivity contribution in [1.82, 2.24) is 5.32 Å². The minimum atomic E-state index is -1.30. The topological polar surface area (TPSA) is 111 Å². The zero-order valence-corrected chi connectivity index (χ0v) is 21.1. The van der Waals surface area contributed by atoms with Crippen LogP contribution in [0.4, 0.5) is 5.00 Å². The second-order valence-electron chi connectivity index (χ2n) is 8.84. The lowest BCUT2D eigenvalue weighted by Crippen LogP contribution is -2.27. The van der Waals surface area contributed by atoms with Crippen molar-refractivity contribution in [3.63, 3.8) is 0 Å². The van der Waals surface area contributed by atoms with E-state index < -0.39 is 23.9 Å². The van der Waals surface area contributed by atoms with Crippen LogP contribution in [0.3, 0.4) is 0 Å². The lowest BCUT2D eigenvalue weighted by Gasteiger charge is -2.19. The average Bonchev–Trinajstić information content (AvgIpc) is 3.47. The number of esters is 2. The summed E-state index contributed by atoms with van der Waals surface area (Å²) in [6.07, 6.45) is 2.25.